The first kappa shape index (κ1) is 14.6. The summed E-state index contributed by atoms with van der Waals surface area (Å²) in [6.07, 6.45) is 0.221. The third-order valence-electron chi connectivity index (χ3n) is 1.94. The summed E-state index contributed by atoms with van der Waals surface area (Å²) in [6, 6.07) is 0. The van der Waals surface area contributed by atoms with Gasteiger partial charge < -0.3 is 9.84 Å². The molecule has 0 radical (unpaired) electrons. The lowest BCUT2D eigenvalue weighted by Crippen LogP contribution is -2.33. The number of aliphatic carboxylic acids is 1. The number of esters is 1. The number of ether oxygens (including phenoxy) is 1. The molecule has 0 aromatic rings. The number of carbonyl (C=O) groups excluding carboxylic acids is 1. The lowest BCUT2D eigenvalue weighted by molar-refractivity contribution is -0.146. The minimum Gasteiger partial charge on any atom is -0.481 e. The predicted octanol–water partition coefficient (Wildman–Crippen LogP) is 1.85. The van der Waals surface area contributed by atoms with Gasteiger partial charge in [0.25, 0.3) is 0 Å². The van der Waals surface area contributed by atoms with Gasteiger partial charge in [-0.15, -0.1) is 0 Å². The van der Waals surface area contributed by atoms with Crippen molar-refractivity contribution in [1.82, 2.24) is 0 Å². The van der Waals surface area contributed by atoms with E-state index in [2.05, 4.69) is 0 Å². The normalized spacial score (nSPS) is 13.0. The molecular formula is C11H19NO4. The molecule has 0 aliphatic rings. The summed E-state index contributed by atoms with van der Waals surface area (Å²) in [5.74, 6) is -2.33. The Hall–Kier alpha value is -1.39. The maximum absolute atomic E-state index is 11.5. The van der Waals surface area contributed by atoms with Crippen LogP contribution in [0, 0.1) is 11.3 Å². The van der Waals surface area contributed by atoms with E-state index in [0.717, 1.165) is 0 Å². The topological polar surface area (TPSA) is 87.5 Å². The molecule has 0 heterocycles. The Bertz CT molecular complexity index is 291. The van der Waals surface area contributed by atoms with Crippen molar-refractivity contribution in [2.45, 2.75) is 46.1 Å². The minimum atomic E-state index is -1.01. The van der Waals surface area contributed by atoms with E-state index in [-0.39, 0.29) is 12.1 Å². The zero-order chi connectivity index (χ0) is 12.9. The third-order valence-corrected chi connectivity index (χ3v) is 1.94. The first-order valence-electron chi connectivity index (χ1n) is 5.21. The molecule has 0 bridgehead atoms. The van der Waals surface area contributed by atoms with Crippen molar-refractivity contribution in [2.75, 3.05) is 0 Å². The van der Waals surface area contributed by atoms with E-state index in [9.17, 15) is 9.59 Å². The van der Waals surface area contributed by atoms with Gasteiger partial charge in [0.05, 0.1) is 6.42 Å². The molecule has 0 aliphatic carbocycles. The summed E-state index contributed by atoms with van der Waals surface area (Å²) in [4.78, 5) is 22.0. The quantitative estimate of drug-likeness (QED) is 0.556. The highest BCUT2D eigenvalue weighted by molar-refractivity contribution is 6.36. The molecular weight excluding hydrogens is 210 g/mol. The molecule has 0 aromatic heterocycles. The second kappa shape index (κ2) is 5.63. The Morgan fingerprint density at radius 2 is 1.88 bits per heavy atom. The summed E-state index contributed by atoms with van der Waals surface area (Å²) in [6.45, 7) is 6.86. The Balaban J connectivity index is 4.51. The molecule has 0 aliphatic heterocycles. The maximum Gasteiger partial charge on any atom is 0.352 e. The van der Waals surface area contributed by atoms with Crippen LogP contribution in [0.3, 0.4) is 0 Å². The monoisotopic (exact) mass is 229 g/mol. The second-order valence-electron chi connectivity index (χ2n) is 4.62. The van der Waals surface area contributed by atoms with Crippen molar-refractivity contribution >= 4 is 17.7 Å². The molecule has 5 heteroatoms. The van der Waals surface area contributed by atoms with Gasteiger partial charge in [0.15, 0.2) is 0 Å². The van der Waals surface area contributed by atoms with Gasteiger partial charge in [-0.2, -0.15) is 0 Å². The van der Waals surface area contributed by atoms with Crippen molar-refractivity contribution in [3.05, 3.63) is 0 Å². The Kier molecular flexibility index (Phi) is 5.14. The standard InChI is InChI=1S/C11H19NO4/c1-5-7(6-8(13)14)9(12)10(15)16-11(2,3)4/h7,12H,5-6H2,1-4H3,(H,13,14)/t7-/m1/s1. The van der Waals surface area contributed by atoms with E-state index in [1.165, 1.54) is 0 Å². The van der Waals surface area contributed by atoms with Gasteiger partial charge in [-0.05, 0) is 27.2 Å². The third kappa shape index (κ3) is 5.48. The van der Waals surface area contributed by atoms with Gasteiger partial charge in [-0.3, -0.25) is 10.2 Å². The number of hydrogen-bond donors (Lipinski definition) is 2. The van der Waals surface area contributed by atoms with Gasteiger partial charge in [0.2, 0.25) is 0 Å². The fourth-order valence-corrected chi connectivity index (χ4v) is 1.16. The van der Waals surface area contributed by atoms with E-state index in [1.54, 1.807) is 27.7 Å². The first-order valence-corrected chi connectivity index (χ1v) is 5.21. The molecule has 0 rings (SSSR count). The number of carbonyl (C=O) groups is 2. The molecule has 0 unspecified atom stereocenters. The fraction of sp³-hybridized carbons (Fsp3) is 0.727. The number of carboxylic acids is 1. The van der Waals surface area contributed by atoms with Crippen LogP contribution < -0.4 is 0 Å². The molecule has 0 spiro atoms. The molecule has 0 amide bonds. The molecule has 5 nitrogen and oxygen atoms in total. The number of rotatable bonds is 5. The van der Waals surface area contributed by atoms with E-state index in [0.29, 0.717) is 6.42 Å². The lowest BCUT2D eigenvalue weighted by atomic mass is 9.96. The van der Waals surface area contributed by atoms with Crippen LogP contribution >= 0.6 is 0 Å². The highest BCUT2D eigenvalue weighted by Crippen LogP contribution is 2.14. The van der Waals surface area contributed by atoms with E-state index in [1.807, 2.05) is 0 Å². The molecule has 0 saturated heterocycles. The van der Waals surface area contributed by atoms with Crippen molar-refractivity contribution in [2.24, 2.45) is 5.92 Å². The van der Waals surface area contributed by atoms with Crippen LogP contribution in [0.5, 0.6) is 0 Å². The van der Waals surface area contributed by atoms with Crippen LogP contribution in [-0.2, 0) is 14.3 Å². The molecule has 0 fully saturated rings. The van der Waals surface area contributed by atoms with Crippen molar-refractivity contribution in [3.8, 4) is 0 Å². The van der Waals surface area contributed by atoms with Gasteiger partial charge in [0, 0.05) is 5.92 Å². The van der Waals surface area contributed by atoms with Gasteiger partial charge in [0.1, 0.15) is 11.3 Å². The molecule has 0 saturated carbocycles. The van der Waals surface area contributed by atoms with Gasteiger partial charge in [-0.25, -0.2) is 4.79 Å². The largest absolute Gasteiger partial charge is 0.481 e. The van der Waals surface area contributed by atoms with Gasteiger partial charge in [-0.1, -0.05) is 6.92 Å². The summed E-state index contributed by atoms with van der Waals surface area (Å²) in [5.41, 5.74) is -0.926. The lowest BCUT2D eigenvalue weighted by Gasteiger charge is -2.21. The van der Waals surface area contributed by atoms with Crippen LogP contribution in [0.4, 0.5) is 0 Å². The molecule has 16 heavy (non-hydrogen) atoms. The van der Waals surface area contributed by atoms with Crippen LogP contribution in [0.25, 0.3) is 0 Å². The minimum absolute atomic E-state index is 0.214. The average Bonchev–Trinajstić information content (AvgIpc) is 2.09. The SMILES string of the molecule is CC[C@H](CC(=O)O)C(=N)C(=O)OC(C)(C)C. The summed E-state index contributed by atoms with van der Waals surface area (Å²) >= 11 is 0. The zero-order valence-electron chi connectivity index (χ0n) is 10.2. The van der Waals surface area contributed by atoms with Crippen LogP contribution in [0.1, 0.15) is 40.5 Å². The Morgan fingerprint density at radius 1 is 1.38 bits per heavy atom. The van der Waals surface area contributed by atoms with Crippen molar-refractivity contribution in [3.63, 3.8) is 0 Å². The molecule has 2 N–H and O–H groups in total. The average molecular weight is 229 g/mol. The van der Waals surface area contributed by atoms with E-state index >= 15 is 0 Å². The number of nitrogens with one attached hydrogen (secondary N) is 1. The molecule has 92 valence electrons. The molecule has 0 aromatic carbocycles. The highest BCUT2D eigenvalue weighted by atomic mass is 16.6. The highest BCUT2D eigenvalue weighted by Gasteiger charge is 2.26. The van der Waals surface area contributed by atoms with E-state index < -0.39 is 23.5 Å². The Labute approximate surface area is 95.3 Å². The van der Waals surface area contributed by atoms with Crippen molar-refractivity contribution in [1.29, 1.82) is 5.41 Å². The number of carboxylic acid groups (broad SMARTS) is 1. The maximum atomic E-state index is 11.5. The smallest absolute Gasteiger partial charge is 0.352 e. The van der Waals surface area contributed by atoms with Gasteiger partial charge >= 0.3 is 11.9 Å². The van der Waals surface area contributed by atoms with Crippen LogP contribution in [0.15, 0.2) is 0 Å². The van der Waals surface area contributed by atoms with Crippen LogP contribution in [-0.4, -0.2) is 28.4 Å². The molecule has 1 atom stereocenters. The predicted molar refractivity (Wildman–Crippen MR) is 59.6 cm³/mol. The number of hydrogen-bond acceptors (Lipinski definition) is 4. The summed E-state index contributed by atoms with van der Waals surface area (Å²) in [5, 5.41) is 16.2. The Morgan fingerprint density at radius 3 is 2.19 bits per heavy atom. The summed E-state index contributed by atoms with van der Waals surface area (Å²) < 4.78 is 5.01. The zero-order valence-corrected chi connectivity index (χ0v) is 10.2. The van der Waals surface area contributed by atoms with E-state index in [4.69, 9.17) is 15.3 Å². The first-order chi connectivity index (χ1) is 7.17. The summed E-state index contributed by atoms with van der Waals surface area (Å²) in [7, 11) is 0. The fourth-order valence-electron chi connectivity index (χ4n) is 1.16. The van der Waals surface area contributed by atoms with Crippen molar-refractivity contribution < 1.29 is 19.4 Å². The second-order valence-corrected chi connectivity index (χ2v) is 4.62. The van der Waals surface area contributed by atoms with Crippen LogP contribution in [0.2, 0.25) is 0 Å².